The van der Waals surface area contributed by atoms with E-state index in [2.05, 4.69) is 22.4 Å². The predicted octanol–water partition coefficient (Wildman–Crippen LogP) is 3.04. The minimum Gasteiger partial charge on any atom is -0.472 e. The Morgan fingerprint density at radius 2 is 2.25 bits per heavy atom. The van der Waals surface area contributed by atoms with Crippen LogP contribution < -0.4 is 5.32 Å². The normalized spacial score (nSPS) is 23.1. The summed E-state index contributed by atoms with van der Waals surface area (Å²) in [4.78, 5) is 4.48. The maximum absolute atomic E-state index is 5.39. The standard InChI is InChI=1S/C15H21N3O2/c1-2-16-13-6-4-3-5-11(13)9-14-17-15(18-20-14)12-7-8-19-10-12/h7-8,10-11,13,16H,2-6,9H2,1H3. The molecule has 0 amide bonds. The van der Waals surface area contributed by atoms with E-state index in [0.29, 0.717) is 17.8 Å². The van der Waals surface area contributed by atoms with Crippen molar-refractivity contribution in [2.45, 2.75) is 45.1 Å². The van der Waals surface area contributed by atoms with Crippen LogP contribution in [0.1, 0.15) is 38.5 Å². The molecule has 2 atom stereocenters. The maximum Gasteiger partial charge on any atom is 0.227 e. The highest BCUT2D eigenvalue weighted by molar-refractivity contribution is 5.51. The van der Waals surface area contributed by atoms with Crippen molar-refractivity contribution in [1.29, 1.82) is 0 Å². The van der Waals surface area contributed by atoms with Gasteiger partial charge in [-0.15, -0.1) is 0 Å². The second-order valence-electron chi connectivity index (χ2n) is 5.44. The van der Waals surface area contributed by atoms with Gasteiger partial charge < -0.3 is 14.3 Å². The zero-order valence-corrected chi connectivity index (χ0v) is 11.8. The molecule has 0 saturated heterocycles. The summed E-state index contributed by atoms with van der Waals surface area (Å²) in [6, 6.07) is 2.43. The Balaban J connectivity index is 1.67. The van der Waals surface area contributed by atoms with Crippen molar-refractivity contribution >= 4 is 0 Å². The van der Waals surface area contributed by atoms with Gasteiger partial charge in [-0.2, -0.15) is 4.98 Å². The number of nitrogens with one attached hydrogen (secondary N) is 1. The summed E-state index contributed by atoms with van der Waals surface area (Å²) in [7, 11) is 0. The van der Waals surface area contributed by atoms with Gasteiger partial charge in [0.15, 0.2) is 0 Å². The third-order valence-corrected chi connectivity index (χ3v) is 4.06. The molecule has 20 heavy (non-hydrogen) atoms. The van der Waals surface area contributed by atoms with Gasteiger partial charge in [0, 0.05) is 12.5 Å². The molecule has 0 radical (unpaired) electrons. The minimum atomic E-state index is 0.582. The lowest BCUT2D eigenvalue weighted by Crippen LogP contribution is -2.39. The van der Waals surface area contributed by atoms with Crippen molar-refractivity contribution in [3.63, 3.8) is 0 Å². The van der Waals surface area contributed by atoms with E-state index in [1.165, 1.54) is 25.7 Å². The van der Waals surface area contributed by atoms with E-state index >= 15 is 0 Å². The number of nitrogens with zero attached hydrogens (tertiary/aromatic N) is 2. The smallest absolute Gasteiger partial charge is 0.227 e. The van der Waals surface area contributed by atoms with Crippen LogP contribution >= 0.6 is 0 Å². The van der Waals surface area contributed by atoms with Crippen molar-refractivity contribution in [2.75, 3.05) is 6.54 Å². The third kappa shape index (κ3) is 2.93. The molecule has 1 N–H and O–H groups in total. The zero-order valence-electron chi connectivity index (χ0n) is 11.8. The average Bonchev–Trinajstić information content (AvgIpc) is 3.12. The molecule has 0 aromatic carbocycles. The predicted molar refractivity (Wildman–Crippen MR) is 75.1 cm³/mol. The van der Waals surface area contributed by atoms with Crippen LogP contribution in [-0.4, -0.2) is 22.7 Å². The molecule has 108 valence electrons. The zero-order chi connectivity index (χ0) is 13.8. The first-order valence-corrected chi connectivity index (χ1v) is 7.45. The highest BCUT2D eigenvalue weighted by atomic mass is 16.5. The van der Waals surface area contributed by atoms with E-state index in [9.17, 15) is 0 Å². The SMILES string of the molecule is CCNC1CCCCC1Cc1nc(-c2ccoc2)no1. The van der Waals surface area contributed by atoms with Gasteiger partial charge >= 0.3 is 0 Å². The number of hydrogen-bond acceptors (Lipinski definition) is 5. The number of furan rings is 1. The fourth-order valence-corrected chi connectivity index (χ4v) is 3.05. The van der Waals surface area contributed by atoms with Gasteiger partial charge in [0.25, 0.3) is 0 Å². The minimum absolute atomic E-state index is 0.582. The van der Waals surface area contributed by atoms with E-state index in [1.54, 1.807) is 12.5 Å². The first-order valence-electron chi connectivity index (χ1n) is 7.45. The Morgan fingerprint density at radius 1 is 1.35 bits per heavy atom. The molecule has 1 saturated carbocycles. The topological polar surface area (TPSA) is 64.1 Å². The molecule has 5 nitrogen and oxygen atoms in total. The van der Waals surface area contributed by atoms with E-state index in [1.807, 2.05) is 6.07 Å². The van der Waals surface area contributed by atoms with Crippen LogP contribution in [0.15, 0.2) is 27.5 Å². The highest BCUT2D eigenvalue weighted by Gasteiger charge is 2.26. The number of hydrogen-bond donors (Lipinski definition) is 1. The van der Waals surface area contributed by atoms with Gasteiger partial charge in [-0.3, -0.25) is 0 Å². The van der Waals surface area contributed by atoms with Crippen LogP contribution in [0.2, 0.25) is 0 Å². The van der Waals surface area contributed by atoms with Gasteiger partial charge in [0.05, 0.1) is 11.8 Å². The molecule has 2 aromatic heterocycles. The van der Waals surface area contributed by atoms with Crippen molar-refractivity contribution in [3.05, 3.63) is 24.5 Å². The summed E-state index contributed by atoms with van der Waals surface area (Å²) in [6.45, 7) is 3.18. The molecule has 3 rings (SSSR count). The van der Waals surface area contributed by atoms with E-state index in [-0.39, 0.29) is 0 Å². The summed E-state index contributed by atoms with van der Waals surface area (Å²) in [6.07, 6.45) is 9.22. The van der Waals surface area contributed by atoms with Crippen LogP contribution in [0, 0.1) is 5.92 Å². The van der Waals surface area contributed by atoms with Crippen LogP contribution in [0.25, 0.3) is 11.4 Å². The van der Waals surface area contributed by atoms with Crippen molar-refractivity contribution < 1.29 is 8.94 Å². The van der Waals surface area contributed by atoms with Gasteiger partial charge in [-0.05, 0) is 31.4 Å². The van der Waals surface area contributed by atoms with Crippen molar-refractivity contribution in [3.8, 4) is 11.4 Å². The van der Waals surface area contributed by atoms with Crippen LogP contribution in [0.3, 0.4) is 0 Å². The van der Waals surface area contributed by atoms with Gasteiger partial charge in [0.2, 0.25) is 11.7 Å². The average molecular weight is 275 g/mol. The third-order valence-electron chi connectivity index (χ3n) is 4.06. The lowest BCUT2D eigenvalue weighted by Gasteiger charge is -2.31. The fourth-order valence-electron chi connectivity index (χ4n) is 3.05. The first kappa shape index (κ1) is 13.4. The summed E-state index contributed by atoms with van der Waals surface area (Å²) in [5.74, 6) is 1.95. The second kappa shape index (κ2) is 6.22. The Bertz CT molecular complexity index is 519. The molecule has 2 aromatic rings. The Hall–Kier alpha value is -1.62. The quantitative estimate of drug-likeness (QED) is 0.908. The Morgan fingerprint density at radius 3 is 3.05 bits per heavy atom. The molecule has 2 heterocycles. The second-order valence-corrected chi connectivity index (χ2v) is 5.44. The molecule has 1 aliphatic rings. The lowest BCUT2D eigenvalue weighted by molar-refractivity contribution is 0.242. The van der Waals surface area contributed by atoms with E-state index in [0.717, 1.165) is 24.4 Å². The van der Waals surface area contributed by atoms with Crippen LogP contribution in [0.4, 0.5) is 0 Å². The highest BCUT2D eigenvalue weighted by Crippen LogP contribution is 2.27. The Labute approximate surface area is 118 Å². The van der Waals surface area contributed by atoms with Crippen molar-refractivity contribution in [2.24, 2.45) is 5.92 Å². The molecule has 0 aliphatic heterocycles. The molecule has 5 heteroatoms. The van der Waals surface area contributed by atoms with Crippen LogP contribution in [0.5, 0.6) is 0 Å². The van der Waals surface area contributed by atoms with Crippen LogP contribution in [-0.2, 0) is 6.42 Å². The van der Waals surface area contributed by atoms with Gasteiger partial charge in [-0.1, -0.05) is 24.9 Å². The largest absolute Gasteiger partial charge is 0.472 e. The molecule has 0 bridgehead atoms. The number of aromatic nitrogens is 2. The fraction of sp³-hybridized carbons (Fsp3) is 0.600. The Kier molecular flexibility index (Phi) is 4.16. The van der Waals surface area contributed by atoms with E-state index in [4.69, 9.17) is 8.94 Å². The monoisotopic (exact) mass is 275 g/mol. The van der Waals surface area contributed by atoms with Crippen molar-refractivity contribution in [1.82, 2.24) is 15.5 Å². The molecular weight excluding hydrogens is 254 g/mol. The molecule has 1 aliphatic carbocycles. The molecule has 0 spiro atoms. The van der Waals surface area contributed by atoms with E-state index < -0.39 is 0 Å². The molecule has 2 unspecified atom stereocenters. The van der Waals surface area contributed by atoms with Gasteiger partial charge in [0.1, 0.15) is 6.26 Å². The first-order chi connectivity index (χ1) is 9.86. The van der Waals surface area contributed by atoms with Gasteiger partial charge in [-0.25, -0.2) is 0 Å². The molecular formula is C15H21N3O2. The number of rotatable bonds is 5. The lowest BCUT2D eigenvalue weighted by atomic mass is 9.82. The summed E-state index contributed by atoms with van der Waals surface area (Å²) in [5, 5.41) is 7.61. The summed E-state index contributed by atoms with van der Waals surface area (Å²) < 4.78 is 10.4. The summed E-state index contributed by atoms with van der Waals surface area (Å²) >= 11 is 0. The summed E-state index contributed by atoms with van der Waals surface area (Å²) in [5.41, 5.74) is 0.867. The molecule has 1 fully saturated rings. The maximum atomic E-state index is 5.39.